The van der Waals surface area contributed by atoms with E-state index < -0.39 is 0 Å². The van der Waals surface area contributed by atoms with Gasteiger partial charge in [-0.3, -0.25) is 0 Å². The van der Waals surface area contributed by atoms with Crippen molar-refractivity contribution in [2.75, 3.05) is 0 Å². The summed E-state index contributed by atoms with van der Waals surface area (Å²) in [6.07, 6.45) is 0. The first kappa shape index (κ1) is 9.08. The van der Waals surface area contributed by atoms with Crippen molar-refractivity contribution in [3.8, 4) is 5.40 Å². The van der Waals surface area contributed by atoms with Crippen molar-refractivity contribution in [2.24, 2.45) is 0 Å². The summed E-state index contributed by atoms with van der Waals surface area (Å²) in [5, 5.41) is 8.63. The van der Waals surface area contributed by atoms with Crippen LogP contribution in [0.25, 0.3) is 0 Å². The van der Waals surface area contributed by atoms with Crippen molar-refractivity contribution in [1.29, 1.82) is 5.26 Å². The molecule has 0 saturated heterocycles. The van der Waals surface area contributed by atoms with Crippen LogP contribution in [0.15, 0.2) is 0 Å². The normalized spacial score (nSPS) is 2.00. The molecule has 0 N–H and O–H groups in total. The van der Waals surface area contributed by atoms with E-state index in [1.807, 2.05) is 0 Å². The van der Waals surface area contributed by atoms with Gasteiger partial charge in [-0.25, -0.2) is 0 Å². The predicted octanol–water partition coefficient (Wildman–Crippen LogP) is 0.0165. The Balaban J connectivity index is 0. The first-order chi connectivity index (χ1) is 1.41. The molecule has 1 radical (unpaired) electrons. The number of rotatable bonds is 0. The minimum atomic E-state index is 0. The second-order valence-electron chi connectivity index (χ2n) is 0.100. The van der Waals surface area contributed by atoms with E-state index in [4.69, 9.17) is 5.26 Å². The smallest absolute Gasteiger partial charge is 0.130 e. The summed E-state index contributed by atoms with van der Waals surface area (Å²) in [5.74, 6) is 0. The van der Waals surface area contributed by atoms with Crippen LogP contribution in [-0.4, -0.2) is 51.4 Å². The third-order valence-electron chi connectivity index (χ3n) is 0. The molecule has 0 aromatic heterocycles. The Kier molecular flexibility index (Phi) is 20.0. The van der Waals surface area contributed by atoms with Gasteiger partial charge < -0.3 is 0 Å². The summed E-state index contributed by atoms with van der Waals surface area (Å²) in [7, 11) is 0. The molecule has 0 aromatic rings. The van der Waals surface area contributed by atoms with Gasteiger partial charge in [-0.15, -0.1) is 0 Å². The van der Waals surface area contributed by atoms with E-state index in [0.29, 0.717) is 0 Å². The van der Waals surface area contributed by atoms with Crippen molar-refractivity contribution < 1.29 is 0 Å². The van der Waals surface area contributed by atoms with Crippen LogP contribution in [0.5, 0.6) is 0 Å². The molecule has 0 rings (SSSR count). The number of hydrogen-bond acceptors (Lipinski definition) is 2. The van der Waals surface area contributed by atoms with Crippen LogP contribution >= 0.6 is 12.6 Å². The average molecular weight is 99.2 g/mol. The molecule has 0 saturated carbocycles. The van der Waals surface area contributed by atoms with Gasteiger partial charge in [-0.2, -0.15) is 5.26 Å². The topological polar surface area (TPSA) is 23.8 Å². The number of thiocyanates is 1. The quantitative estimate of drug-likeness (QED) is 0.197. The van der Waals surface area contributed by atoms with Crippen LogP contribution in [0.1, 0.15) is 0 Å². The standard InChI is InChI=1S/CHNS.K/c2-1-3;/h3H;/i1+1;. The zero-order valence-electron chi connectivity index (χ0n) is 2.39. The molecule has 3 heteroatoms. The van der Waals surface area contributed by atoms with Gasteiger partial charge in [0.05, 0.1) is 0 Å². The Morgan fingerprint density at radius 3 is 1.75 bits per heavy atom. The van der Waals surface area contributed by atoms with Crippen molar-refractivity contribution in [2.45, 2.75) is 0 Å². The summed E-state index contributed by atoms with van der Waals surface area (Å²) in [6.45, 7) is 0. The molecular formula is CHKNS. The largest absolute Gasteiger partial charge is 0.185 e. The minimum absolute atomic E-state index is 0. The molecule has 4 heavy (non-hydrogen) atoms. The van der Waals surface area contributed by atoms with Gasteiger partial charge in [0.15, 0.2) is 0 Å². The SMILES string of the molecule is N#[13C]S.[K]. The van der Waals surface area contributed by atoms with Gasteiger partial charge in [0.2, 0.25) is 0 Å². The third-order valence-corrected chi connectivity index (χ3v) is 0. The molecule has 0 amide bonds. The fourth-order valence-electron chi connectivity index (χ4n) is 0. The van der Waals surface area contributed by atoms with Crippen LogP contribution in [0, 0.1) is 10.7 Å². The zero-order valence-corrected chi connectivity index (χ0v) is 6.41. The first-order valence-corrected chi connectivity index (χ1v) is 0.894. The molecule has 0 fully saturated rings. The summed E-state index contributed by atoms with van der Waals surface area (Å²) in [4.78, 5) is 0. The minimum Gasteiger partial charge on any atom is -0.185 e. The Hall–Kier alpha value is 1.48. The number of nitrogens with zero attached hydrogens (tertiary/aromatic N) is 1. The summed E-state index contributed by atoms with van der Waals surface area (Å²) >= 11 is 3.09. The monoisotopic (exact) mass is 99.0 g/mol. The molecule has 0 bridgehead atoms. The van der Waals surface area contributed by atoms with Gasteiger partial charge in [-0.1, -0.05) is 12.6 Å². The van der Waals surface area contributed by atoms with E-state index in [9.17, 15) is 0 Å². The van der Waals surface area contributed by atoms with E-state index in [1.165, 1.54) is 5.40 Å². The van der Waals surface area contributed by atoms with Gasteiger partial charge >= 0.3 is 0 Å². The van der Waals surface area contributed by atoms with Gasteiger partial charge in [0.25, 0.3) is 0 Å². The van der Waals surface area contributed by atoms with Crippen LogP contribution in [0.4, 0.5) is 0 Å². The maximum absolute atomic E-state index is 7.18. The summed E-state index contributed by atoms with van der Waals surface area (Å²) in [5.41, 5.74) is 0. The number of hydrogen-bond donors (Lipinski definition) is 1. The van der Waals surface area contributed by atoms with Crippen LogP contribution in [0.3, 0.4) is 0 Å². The van der Waals surface area contributed by atoms with Gasteiger partial charge in [0.1, 0.15) is 5.40 Å². The molecular weight excluding hydrogens is 98.2 g/mol. The Morgan fingerprint density at radius 1 is 1.75 bits per heavy atom. The molecule has 0 aliphatic heterocycles. The zero-order chi connectivity index (χ0) is 2.71. The van der Waals surface area contributed by atoms with E-state index in [0.717, 1.165) is 0 Å². The summed E-state index contributed by atoms with van der Waals surface area (Å²) in [6, 6.07) is 0. The van der Waals surface area contributed by atoms with Crippen molar-refractivity contribution in [3.63, 3.8) is 0 Å². The Bertz CT molecular complexity index is 29.5. The third kappa shape index (κ3) is 9.78. The van der Waals surface area contributed by atoms with Crippen LogP contribution in [0.2, 0.25) is 0 Å². The van der Waals surface area contributed by atoms with E-state index in [2.05, 4.69) is 12.6 Å². The number of thiol groups is 1. The molecule has 0 atom stereocenters. The van der Waals surface area contributed by atoms with Crippen molar-refractivity contribution in [1.82, 2.24) is 0 Å². The van der Waals surface area contributed by atoms with Gasteiger partial charge in [-0.05, 0) is 0 Å². The van der Waals surface area contributed by atoms with Crippen molar-refractivity contribution in [3.05, 3.63) is 0 Å². The molecule has 0 aromatic carbocycles. The molecule has 0 spiro atoms. The van der Waals surface area contributed by atoms with E-state index >= 15 is 0 Å². The predicted molar refractivity (Wildman–Crippen MR) is 20.4 cm³/mol. The maximum atomic E-state index is 7.18. The van der Waals surface area contributed by atoms with E-state index in [1.54, 1.807) is 0 Å². The average Bonchev–Trinajstić information content (AvgIpc) is 0.918. The fourth-order valence-corrected chi connectivity index (χ4v) is 0. The van der Waals surface area contributed by atoms with Crippen LogP contribution in [-0.2, 0) is 0 Å². The van der Waals surface area contributed by atoms with Crippen molar-refractivity contribution >= 4 is 64.0 Å². The second-order valence-corrected chi connectivity index (χ2v) is 0.300. The molecule has 0 unspecified atom stereocenters. The Labute approximate surface area is 73.2 Å². The molecule has 0 aliphatic carbocycles. The first-order valence-electron chi connectivity index (χ1n) is 0.447. The van der Waals surface area contributed by atoms with Crippen LogP contribution < -0.4 is 0 Å². The Morgan fingerprint density at radius 2 is 1.75 bits per heavy atom. The second kappa shape index (κ2) is 8.82. The maximum Gasteiger partial charge on any atom is 0.130 e. The molecule has 17 valence electrons. The molecule has 1 nitrogen and oxygen atoms in total. The number of nitriles is 1. The fraction of sp³-hybridized carbons (Fsp3) is 0. The molecule has 0 heterocycles. The van der Waals surface area contributed by atoms with E-state index in [-0.39, 0.29) is 51.4 Å². The van der Waals surface area contributed by atoms with Gasteiger partial charge in [0, 0.05) is 51.4 Å². The summed E-state index contributed by atoms with van der Waals surface area (Å²) < 4.78 is 0. The molecule has 0 aliphatic rings.